The van der Waals surface area contributed by atoms with Crippen LogP contribution in [0.1, 0.15) is 49.8 Å². The van der Waals surface area contributed by atoms with E-state index in [1.165, 1.54) is 29.5 Å². The van der Waals surface area contributed by atoms with Crippen LogP contribution in [0, 0.1) is 45.0 Å². The number of hydrogen-bond acceptors (Lipinski definition) is 0. The van der Waals surface area contributed by atoms with Crippen LogP contribution in [0.4, 0.5) is 0 Å². The van der Waals surface area contributed by atoms with Crippen molar-refractivity contribution in [2.45, 2.75) is 47.0 Å². The largest absolute Gasteiger partial charge is 0.120 e. The van der Waals surface area contributed by atoms with Gasteiger partial charge < -0.3 is 0 Å². The third-order valence-corrected chi connectivity index (χ3v) is 4.17. The van der Waals surface area contributed by atoms with E-state index in [0.29, 0.717) is 11.8 Å². The van der Waals surface area contributed by atoms with Gasteiger partial charge in [0, 0.05) is 6.42 Å². The Labute approximate surface area is 137 Å². The minimum atomic E-state index is 0.557. The predicted molar refractivity (Wildman–Crippen MR) is 98.6 cm³/mol. The van der Waals surface area contributed by atoms with Crippen molar-refractivity contribution in [2.24, 2.45) is 11.8 Å². The Morgan fingerprint density at radius 2 is 1.91 bits per heavy atom. The molecule has 22 heavy (non-hydrogen) atoms. The third kappa shape index (κ3) is 5.94. The van der Waals surface area contributed by atoms with Crippen molar-refractivity contribution in [2.75, 3.05) is 0 Å². The number of hydrogen-bond donors (Lipinski definition) is 0. The quantitative estimate of drug-likeness (QED) is 0.596. The molecule has 1 aromatic rings. The number of benzene rings is 1. The summed E-state index contributed by atoms with van der Waals surface area (Å²) < 4.78 is 0. The maximum Gasteiger partial charge on any atom is 0.0157 e. The molecule has 1 aromatic carbocycles. The van der Waals surface area contributed by atoms with E-state index >= 15 is 0 Å². The van der Waals surface area contributed by atoms with E-state index in [0.717, 1.165) is 12.0 Å². The van der Waals surface area contributed by atoms with Gasteiger partial charge in [-0.25, -0.2) is 0 Å². The van der Waals surface area contributed by atoms with Crippen molar-refractivity contribution in [1.82, 2.24) is 0 Å². The first-order valence-electron chi connectivity index (χ1n) is 8.15. The highest BCUT2D eigenvalue weighted by atomic mass is 14.2. The van der Waals surface area contributed by atoms with Gasteiger partial charge in [0.25, 0.3) is 0 Å². The molecule has 1 aliphatic rings. The Bertz CT molecular complexity index is 564. The molecule has 1 radical (unpaired) electrons. The Morgan fingerprint density at radius 1 is 1.18 bits per heavy atom. The van der Waals surface area contributed by atoms with Crippen molar-refractivity contribution < 1.29 is 0 Å². The van der Waals surface area contributed by atoms with E-state index in [1.54, 1.807) is 0 Å². The smallest absolute Gasteiger partial charge is 0.0157 e. The molecule has 0 nitrogen and oxygen atoms in total. The maximum absolute atomic E-state index is 5.37. The number of terminal acetylenes is 1. The molecule has 0 heterocycles. The summed E-state index contributed by atoms with van der Waals surface area (Å²) >= 11 is 0. The first kappa shape index (κ1) is 18.3. The molecule has 1 aliphatic carbocycles. The molecule has 0 spiro atoms. The van der Waals surface area contributed by atoms with Gasteiger partial charge in [0.15, 0.2) is 0 Å². The first-order chi connectivity index (χ1) is 10.5. The van der Waals surface area contributed by atoms with Crippen molar-refractivity contribution in [1.29, 1.82) is 0 Å². The van der Waals surface area contributed by atoms with Gasteiger partial charge in [-0.2, -0.15) is 0 Å². The van der Waals surface area contributed by atoms with Gasteiger partial charge in [0.2, 0.25) is 0 Å². The lowest BCUT2D eigenvalue weighted by molar-refractivity contribution is 0.457. The van der Waals surface area contributed by atoms with Gasteiger partial charge in [-0.3, -0.25) is 0 Å². The van der Waals surface area contributed by atoms with Crippen LogP contribution in [0.25, 0.3) is 0 Å². The van der Waals surface area contributed by atoms with E-state index < -0.39 is 0 Å². The van der Waals surface area contributed by atoms with Gasteiger partial charge in [-0.05, 0) is 67.7 Å². The molecule has 0 saturated carbocycles. The van der Waals surface area contributed by atoms with Gasteiger partial charge in [-0.15, -0.1) is 12.3 Å². The zero-order valence-corrected chi connectivity index (χ0v) is 14.5. The highest BCUT2D eigenvalue weighted by molar-refractivity contribution is 5.31. The van der Waals surface area contributed by atoms with Crippen LogP contribution in [-0.2, 0) is 0 Å². The molecular weight excluding hydrogens is 264 g/mol. The summed E-state index contributed by atoms with van der Waals surface area (Å²) in [5.74, 6) is 3.97. The molecule has 0 heteroatoms. The van der Waals surface area contributed by atoms with Crippen molar-refractivity contribution in [3.05, 3.63) is 65.6 Å². The van der Waals surface area contributed by atoms with Crippen molar-refractivity contribution in [3.63, 3.8) is 0 Å². The standard InChI is InChI=1S/C13H18.C9H11/c1-4-8-13(11(2)3)12-9-6-5-7-10-12;1-7-4-5-8(2)9(3)6-7/h1,6,9-11,13H,5,7-8H2,2-3H3;4-6H,1H2,2-3H3. The summed E-state index contributed by atoms with van der Waals surface area (Å²) in [4.78, 5) is 0. The Balaban J connectivity index is 0.000000235. The van der Waals surface area contributed by atoms with E-state index in [1.807, 2.05) is 6.07 Å². The molecule has 1 atom stereocenters. The second-order valence-corrected chi connectivity index (χ2v) is 6.36. The Morgan fingerprint density at radius 3 is 2.36 bits per heavy atom. The van der Waals surface area contributed by atoms with Crippen LogP contribution in [0.2, 0.25) is 0 Å². The fraction of sp³-hybridized carbons (Fsp3) is 0.409. The highest BCUT2D eigenvalue weighted by Crippen LogP contribution is 2.27. The van der Waals surface area contributed by atoms with E-state index in [2.05, 4.69) is 70.9 Å². The van der Waals surface area contributed by atoms with Crippen LogP contribution in [0.5, 0.6) is 0 Å². The molecule has 0 aliphatic heterocycles. The van der Waals surface area contributed by atoms with Crippen LogP contribution < -0.4 is 0 Å². The zero-order valence-electron chi connectivity index (χ0n) is 14.5. The summed E-state index contributed by atoms with van der Waals surface area (Å²) in [7, 11) is 0. The summed E-state index contributed by atoms with van der Waals surface area (Å²) in [6.07, 6.45) is 15.4. The van der Waals surface area contributed by atoms with Crippen LogP contribution in [0.3, 0.4) is 0 Å². The number of aryl methyl sites for hydroxylation is 2. The normalized spacial score (nSPS) is 14.7. The third-order valence-electron chi connectivity index (χ3n) is 4.17. The van der Waals surface area contributed by atoms with E-state index in [9.17, 15) is 0 Å². The molecule has 0 N–H and O–H groups in total. The zero-order chi connectivity index (χ0) is 16.5. The van der Waals surface area contributed by atoms with Gasteiger partial charge >= 0.3 is 0 Å². The summed E-state index contributed by atoms with van der Waals surface area (Å²) in [5, 5.41) is 0. The average molecular weight is 293 g/mol. The fourth-order valence-corrected chi connectivity index (χ4v) is 2.58. The molecule has 1 unspecified atom stereocenters. The molecule has 0 saturated heterocycles. The summed E-state index contributed by atoms with van der Waals surface area (Å²) in [5.41, 5.74) is 5.20. The minimum absolute atomic E-state index is 0.557. The molecule has 117 valence electrons. The number of allylic oxidation sites excluding steroid dienone is 4. The highest BCUT2D eigenvalue weighted by Gasteiger charge is 2.15. The van der Waals surface area contributed by atoms with Crippen molar-refractivity contribution >= 4 is 0 Å². The minimum Gasteiger partial charge on any atom is -0.120 e. The lowest BCUT2D eigenvalue weighted by atomic mass is 9.83. The fourth-order valence-electron chi connectivity index (χ4n) is 2.58. The average Bonchev–Trinajstić information content (AvgIpc) is 2.50. The molecule has 0 bridgehead atoms. The predicted octanol–water partition coefficient (Wildman–Crippen LogP) is 6.04. The summed E-state index contributed by atoms with van der Waals surface area (Å²) in [6, 6.07) is 6.22. The second kappa shape index (κ2) is 9.31. The maximum atomic E-state index is 5.37. The SMILES string of the molecule is C#CCC(C1=CCCC=C1)C(C)C.[CH2]c1ccc(C)c(C)c1. The van der Waals surface area contributed by atoms with Gasteiger partial charge in [-0.1, -0.05) is 50.3 Å². The van der Waals surface area contributed by atoms with Crippen LogP contribution in [0.15, 0.2) is 42.0 Å². The van der Waals surface area contributed by atoms with Crippen molar-refractivity contribution in [3.8, 4) is 12.3 Å². The lowest BCUT2D eigenvalue weighted by Gasteiger charge is -2.21. The molecule has 0 amide bonds. The Kier molecular flexibility index (Phi) is 7.75. The van der Waals surface area contributed by atoms with E-state index in [-0.39, 0.29) is 0 Å². The summed E-state index contributed by atoms with van der Waals surface area (Å²) in [6.45, 7) is 12.5. The lowest BCUT2D eigenvalue weighted by Crippen LogP contribution is -2.11. The number of rotatable bonds is 3. The molecule has 0 aromatic heterocycles. The molecule has 0 fully saturated rings. The monoisotopic (exact) mass is 293 g/mol. The first-order valence-corrected chi connectivity index (χ1v) is 8.15. The second-order valence-electron chi connectivity index (χ2n) is 6.36. The molecular formula is C22H29. The van der Waals surface area contributed by atoms with Gasteiger partial charge in [0.05, 0.1) is 0 Å². The van der Waals surface area contributed by atoms with E-state index in [4.69, 9.17) is 6.42 Å². The van der Waals surface area contributed by atoms with Gasteiger partial charge in [0.1, 0.15) is 0 Å². The molecule has 2 rings (SSSR count). The Hall–Kier alpha value is -1.74. The van der Waals surface area contributed by atoms with Crippen LogP contribution >= 0.6 is 0 Å². The van der Waals surface area contributed by atoms with Crippen LogP contribution in [-0.4, -0.2) is 0 Å². The topological polar surface area (TPSA) is 0 Å².